The highest BCUT2D eigenvalue weighted by atomic mass is 17.8. The van der Waals surface area contributed by atoms with Crippen molar-refractivity contribution < 1.29 is 30.3 Å². The molecule has 0 atom stereocenters. The summed E-state index contributed by atoms with van der Waals surface area (Å²) >= 11 is 0. The van der Waals surface area contributed by atoms with E-state index < -0.39 is 0 Å². The molecule has 0 N–H and O–H groups in total. The minimum Gasteiger partial charge on any atom is -0.689 e. The van der Waals surface area contributed by atoms with E-state index in [9.17, 15) is 0 Å². The Morgan fingerprint density at radius 3 is 2.40 bits per heavy atom. The first-order chi connectivity index (χ1) is 4.93. The van der Waals surface area contributed by atoms with Crippen molar-refractivity contribution in [1.82, 2.24) is 0 Å². The Morgan fingerprint density at radius 2 is 1.90 bits per heavy atom. The van der Waals surface area contributed by atoms with Crippen molar-refractivity contribution in [2.24, 2.45) is 0 Å². The molecule has 0 aliphatic heterocycles. The van der Waals surface area contributed by atoms with Gasteiger partial charge in [-0.1, -0.05) is 0 Å². The summed E-state index contributed by atoms with van der Waals surface area (Å²) in [5, 5.41) is 22.8. The zero-order chi connectivity index (χ0) is 7.23. The highest BCUT2D eigenvalue weighted by Gasteiger charge is 2.19. The van der Waals surface area contributed by atoms with Crippen molar-refractivity contribution >= 4 is 0 Å². The van der Waals surface area contributed by atoms with Crippen LogP contribution in [0.25, 0.3) is 0 Å². The van der Waals surface area contributed by atoms with Crippen LogP contribution in [0, 0.1) is 0 Å². The monoisotopic (exact) mass is 151 g/mol. The molecule has 60 valence electrons. The second kappa shape index (κ2) is 4.56. The van der Waals surface area contributed by atoms with E-state index in [4.69, 9.17) is 5.26 Å². The maximum atomic E-state index is 9.08. The topological polar surface area (TPSA) is 69.2 Å². The van der Waals surface area contributed by atoms with E-state index in [2.05, 4.69) is 25.0 Å². The zero-order valence-electron chi connectivity index (χ0n) is 5.15. The van der Waals surface area contributed by atoms with E-state index in [1.54, 1.807) is 0 Å². The van der Waals surface area contributed by atoms with Gasteiger partial charge in [0.1, 0.15) is 0 Å². The molecular formula is C4H7O6-. The van der Waals surface area contributed by atoms with Gasteiger partial charge in [-0.25, -0.2) is 4.89 Å². The minimum atomic E-state index is 0.0512. The Labute approximate surface area is 56.8 Å². The van der Waals surface area contributed by atoms with Gasteiger partial charge in [0.2, 0.25) is 0 Å². The van der Waals surface area contributed by atoms with Crippen LogP contribution in [0.1, 0.15) is 19.3 Å². The SMILES string of the molecule is [O-]OOOOOC1CCC1. The summed E-state index contributed by atoms with van der Waals surface area (Å²) < 4.78 is 0. The minimum absolute atomic E-state index is 0.0512. The van der Waals surface area contributed by atoms with E-state index in [1.807, 2.05) is 0 Å². The van der Waals surface area contributed by atoms with Crippen molar-refractivity contribution in [3.05, 3.63) is 0 Å². The highest BCUT2D eigenvalue weighted by Crippen LogP contribution is 2.21. The van der Waals surface area contributed by atoms with Crippen LogP contribution in [-0.4, -0.2) is 6.10 Å². The van der Waals surface area contributed by atoms with Crippen LogP contribution in [0.4, 0.5) is 0 Å². The van der Waals surface area contributed by atoms with Gasteiger partial charge in [0.25, 0.3) is 0 Å². The van der Waals surface area contributed by atoms with Crippen molar-refractivity contribution in [3.63, 3.8) is 0 Å². The lowest BCUT2D eigenvalue weighted by Crippen LogP contribution is -2.22. The average molecular weight is 151 g/mol. The lowest BCUT2D eigenvalue weighted by atomic mass is 9.97. The Kier molecular flexibility index (Phi) is 3.58. The van der Waals surface area contributed by atoms with Gasteiger partial charge in [-0.05, 0) is 34.4 Å². The van der Waals surface area contributed by atoms with Gasteiger partial charge >= 0.3 is 0 Å². The molecule has 0 amide bonds. The first-order valence-corrected chi connectivity index (χ1v) is 2.89. The Balaban J connectivity index is 1.76. The van der Waals surface area contributed by atoms with Gasteiger partial charge in [0.05, 0.1) is 6.10 Å². The second-order valence-corrected chi connectivity index (χ2v) is 1.92. The molecule has 10 heavy (non-hydrogen) atoms. The van der Waals surface area contributed by atoms with Crippen LogP contribution in [0.2, 0.25) is 0 Å². The molecule has 0 unspecified atom stereocenters. The van der Waals surface area contributed by atoms with Gasteiger partial charge in [-0.2, -0.15) is 0 Å². The molecule has 0 aromatic carbocycles. The van der Waals surface area contributed by atoms with Crippen LogP contribution < -0.4 is 5.26 Å². The fourth-order valence-electron chi connectivity index (χ4n) is 0.561. The van der Waals surface area contributed by atoms with Crippen LogP contribution in [-0.2, 0) is 25.0 Å². The van der Waals surface area contributed by atoms with E-state index >= 15 is 0 Å². The van der Waals surface area contributed by atoms with Crippen LogP contribution in [0.15, 0.2) is 0 Å². The van der Waals surface area contributed by atoms with Crippen molar-refractivity contribution in [2.75, 3.05) is 0 Å². The molecule has 1 aliphatic carbocycles. The molecule has 0 aromatic rings. The first kappa shape index (κ1) is 7.86. The van der Waals surface area contributed by atoms with Crippen molar-refractivity contribution in [2.45, 2.75) is 25.4 Å². The maximum absolute atomic E-state index is 9.08. The van der Waals surface area contributed by atoms with E-state index in [1.165, 1.54) is 0 Å². The summed E-state index contributed by atoms with van der Waals surface area (Å²) in [6.07, 6.45) is 3.03. The predicted octanol–water partition coefficient (Wildman–Crippen LogP) is -0.443. The first-order valence-electron chi connectivity index (χ1n) is 2.89. The normalized spacial score (nSPS) is 18.9. The fraction of sp³-hybridized carbons (Fsp3) is 1.00. The van der Waals surface area contributed by atoms with Crippen LogP contribution in [0.3, 0.4) is 0 Å². The Bertz CT molecular complexity index is 81.8. The summed E-state index contributed by atoms with van der Waals surface area (Å²) in [7, 11) is 0. The summed E-state index contributed by atoms with van der Waals surface area (Å²) in [6.45, 7) is 0. The average Bonchev–Trinajstić information content (AvgIpc) is 1.84. The summed E-state index contributed by atoms with van der Waals surface area (Å²) in [6, 6.07) is 0. The van der Waals surface area contributed by atoms with Crippen LogP contribution in [0.5, 0.6) is 0 Å². The smallest absolute Gasteiger partial charge is 0.0962 e. The largest absolute Gasteiger partial charge is 0.689 e. The molecule has 0 saturated heterocycles. The molecule has 1 rings (SSSR count). The number of hydrogen-bond donors (Lipinski definition) is 0. The van der Waals surface area contributed by atoms with Crippen molar-refractivity contribution in [3.8, 4) is 0 Å². The predicted molar refractivity (Wildman–Crippen MR) is 23.1 cm³/mol. The molecule has 1 fully saturated rings. The fourth-order valence-corrected chi connectivity index (χ4v) is 0.561. The van der Waals surface area contributed by atoms with Gasteiger partial charge in [0, 0.05) is 0 Å². The van der Waals surface area contributed by atoms with E-state index in [0.29, 0.717) is 0 Å². The van der Waals surface area contributed by atoms with E-state index in [-0.39, 0.29) is 6.10 Å². The molecule has 0 radical (unpaired) electrons. The molecule has 0 heterocycles. The Hall–Kier alpha value is -0.240. The molecular weight excluding hydrogens is 144 g/mol. The van der Waals surface area contributed by atoms with E-state index in [0.717, 1.165) is 19.3 Å². The van der Waals surface area contributed by atoms with Gasteiger partial charge < -0.3 is 5.26 Å². The van der Waals surface area contributed by atoms with Gasteiger partial charge in [-0.15, -0.1) is 0 Å². The lowest BCUT2D eigenvalue weighted by Gasteiger charge is -2.21. The summed E-state index contributed by atoms with van der Waals surface area (Å²) in [5.74, 6) is 0. The van der Waals surface area contributed by atoms with Crippen molar-refractivity contribution in [1.29, 1.82) is 0 Å². The zero-order valence-corrected chi connectivity index (χ0v) is 5.15. The quantitative estimate of drug-likeness (QED) is 0.301. The number of hydrogen-bond acceptors (Lipinski definition) is 6. The third-order valence-corrected chi connectivity index (χ3v) is 1.31. The summed E-state index contributed by atoms with van der Waals surface area (Å²) in [4.78, 5) is 4.51. The molecule has 1 saturated carbocycles. The standard InChI is InChI=1S/C4H8O6/c5-7-9-10-8-6-4-2-1-3-4/h4-5H,1-3H2/p-1. The molecule has 6 heteroatoms. The Morgan fingerprint density at radius 1 is 1.10 bits per heavy atom. The number of rotatable bonds is 5. The van der Waals surface area contributed by atoms with Gasteiger partial charge in [0.15, 0.2) is 0 Å². The lowest BCUT2D eigenvalue weighted by molar-refractivity contribution is -0.890. The molecule has 0 spiro atoms. The third kappa shape index (κ3) is 2.56. The molecule has 0 bridgehead atoms. The third-order valence-electron chi connectivity index (χ3n) is 1.31. The van der Waals surface area contributed by atoms with Gasteiger partial charge in [-0.3, -0.25) is 5.04 Å². The molecule has 1 aliphatic rings. The molecule has 0 aromatic heterocycles. The summed E-state index contributed by atoms with van der Waals surface area (Å²) in [5.41, 5.74) is 0. The molecule has 6 nitrogen and oxygen atoms in total. The maximum Gasteiger partial charge on any atom is 0.0962 e. The second-order valence-electron chi connectivity index (χ2n) is 1.92. The van der Waals surface area contributed by atoms with Crippen LogP contribution >= 0.6 is 0 Å². The highest BCUT2D eigenvalue weighted by molar-refractivity contribution is 4.66.